The van der Waals surface area contributed by atoms with Gasteiger partial charge in [-0.15, -0.1) is 11.8 Å². The molecule has 0 saturated carbocycles. The molecule has 1 N–H and O–H groups in total. The summed E-state index contributed by atoms with van der Waals surface area (Å²) in [5, 5.41) is 27.2. The van der Waals surface area contributed by atoms with Crippen LogP contribution in [0, 0.1) is 11.3 Å². The maximum Gasteiger partial charge on any atom is 0.267 e. The first kappa shape index (κ1) is 15.8. The number of aromatic amines is 1. The van der Waals surface area contributed by atoms with Crippen LogP contribution in [0.1, 0.15) is 43.6 Å². The summed E-state index contributed by atoms with van der Waals surface area (Å²) in [5.74, 6) is -2.16. The Morgan fingerprint density at radius 2 is 2.08 bits per heavy atom. The zero-order valence-corrected chi connectivity index (χ0v) is 13.1. The maximum absolute atomic E-state index is 12.5. The van der Waals surface area contributed by atoms with Crippen LogP contribution in [0.3, 0.4) is 0 Å². The Morgan fingerprint density at radius 3 is 2.71 bits per heavy atom. The number of aromatic carboxylic acids is 1. The molecule has 0 spiro atoms. The van der Waals surface area contributed by atoms with Crippen LogP contribution < -0.4 is 10.0 Å². The number of carbonyl (C=O) groups is 3. The molecule has 0 fully saturated rings. The smallest absolute Gasteiger partial charge is 0.267 e. The van der Waals surface area contributed by atoms with Gasteiger partial charge in [-0.3, -0.25) is 14.7 Å². The minimum atomic E-state index is -1.45. The number of benzene rings is 1. The number of imide groups is 1. The van der Waals surface area contributed by atoms with Gasteiger partial charge in [0.25, 0.3) is 11.8 Å². The summed E-state index contributed by atoms with van der Waals surface area (Å²) in [6.45, 7) is 1.88. The summed E-state index contributed by atoms with van der Waals surface area (Å²) in [6.07, 6.45) is 0. The molecule has 1 aromatic carbocycles. The number of aromatic nitrogens is 2. The van der Waals surface area contributed by atoms with Crippen molar-refractivity contribution < 1.29 is 19.5 Å². The Morgan fingerprint density at radius 1 is 1.38 bits per heavy atom. The van der Waals surface area contributed by atoms with E-state index in [0.717, 1.165) is 11.0 Å². The third-order valence-corrected chi connectivity index (χ3v) is 4.31. The van der Waals surface area contributed by atoms with Gasteiger partial charge in [-0.05, 0) is 23.4 Å². The Bertz CT molecular complexity index is 928. The van der Waals surface area contributed by atoms with Crippen molar-refractivity contribution >= 4 is 35.4 Å². The molecule has 0 unspecified atom stereocenters. The zero-order chi connectivity index (χ0) is 17.4. The second-order valence-corrected chi connectivity index (χ2v) is 6.04. The molecule has 0 atom stereocenters. The maximum atomic E-state index is 12.5. The van der Waals surface area contributed by atoms with E-state index in [2.05, 4.69) is 10.2 Å². The minimum Gasteiger partial charge on any atom is -0.545 e. The highest BCUT2D eigenvalue weighted by Gasteiger charge is 2.39. The van der Waals surface area contributed by atoms with Gasteiger partial charge in [0, 0.05) is 0 Å². The van der Waals surface area contributed by atoms with E-state index in [1.807, 2.05) is 13.0 Å². The molecule has 1 aromatic heterocycles. The Balaban J connectivity index is 2.09. The van der Waals surface area contributed by atoms with Gasteiger partial charge in [0.05, 0.1) is 17.1 Å². The molecular formula is C15H9N4O4S-. The van der Waals surface area contributed by atoms with Crippen LogP contribution in [0.2, 0.25) is 0 Å². The summed E-state index contributed by atoms with van der Waals surface area (Å²) in [5.41, 5.74) is -0.0985. The van der Waals surface area contributed by atoms with Gasteiger partial charge in [-0.25, -0.2) is 4.90 Å². The number of anilines is 1. The Kier molecular flexibility index (Phi) is 3.83. The quantitative estimate of drug-likeness (QED) is 0.635. The molecule has 24 heavy (non-hydrogen) atoms. The highest BCUT2D eigenvalue weighted by Crippen LogP contribution is 2.33. The van der Waals surface area contributed by atoms with Gasteiger partial charge < -0.3 is 9.90 Å². The lowest BCUT2D eigenvalue weighted by molar-refractivity contribution is -0.255. The average molecular weight is 341 g/mol. The topological polar surface area (TPSA) is 130 Å². The molecule has 120 valence electrons. The van der Waals surface area contributed by atoms with Crippen molar-refractivity contribution in [2.45, 2.75) is 11.9 Å². The van der Waals surface area contributed by atoms with Crippen LogP contribution in [-0.4, -0.2) is 33.7 Å². The van der Waals surface area contributed by atoms with Crippen molar-refractivity contribution in [3.63, 3.8) is 0 Å². The number of carboxylic acids is 1. The number of nitrogens with one attached hydrogen (secondary N) is 1. The van der Waals surface area contributed by atoms with Crippen molar-refractivity contribution in [3.8, 4) is 6.07 Å². The molecule has 2 aromatic rings. The van der Waals surface area contributed by atoms with E-state index < -0.39 is 17.8 Å². The standard InChI is InChI=1S/C15H10N4O4S/c1-2-24-12-10(6-16)11(17-18-12)19-13(20)8-4-3-7(15(22)23)5-9(8)14(19)21/h3-5H,2H2,1H3,(H,17,18)(H,22,23)/p-1. The second-order valence-electron chi connectivity index (χ2n) is 4.79. The second kappa shape index (κ2) is 5.82. The SMILES string of the molecule is CCSc1n[nH]c(N2C(=O)c3ccc(C(=O)[O-])cc3C2=O)c1C#N. The van der Waals surface area contributed by atoms with E-state index in [-0.39, 0.29) is 28.1 Å². The molecule has 2 amide bonds. The number of hydrogen-bond donors (Lipinski definition) is 1. The van der Waals surface area contributed by atoms with E-state index in [0.29, 0.717) is 10.8 Å². The number of amides is 2. The number of carboxylic acid groups (broad SMARTS) is 1. The van der Waals surface area contributed by atoms with E-state index in [4.69, 9.17) is 0 Å². The lowest BCUT2D eigenvalue weighted by atomic mass is 10.1. The number of rotatable bonds is 4. The molecule has 8 nitrogen and oxygen atoms in total. The molecule has 3 rings (SSSR count). The number of thioether (sulfide) groups is 1. The monoisotopic (exact) mass is 341 g/mol. The zero-order valence-electron chi connectivity index (χ0n) is 12.3. The normalized spacial score (nSPS) is 13.1. The van der Waals surface area contributed by atoms with E-state index >= 15 is 0 Å². The van der Waals surface area contributed by atoms with Gasteiger partial charge in [0.15, 0.2) is 5.82 Å². The number of H-pyrrole nitrogens is 1. The molecule has 2 heterocycles. The number of fused-ring (bicyclic) bond motifs is 1. The van der Waals surface area contributed by atoms with Crippen molar-refractivity contribution in [1.29, 1.82) is 5.26 Å². The highest BCUT2D eigenvalue weighted by molar-refractivity contribution is 7.99. The fourth-order valence-corrected chi connectivity index (χ4v) is 3.06. The van der Waals surface area contributed by atoms with Crippen LogP contribution in [-0.2, 0) is 0 Å². The third-order valence-electron chi connectivity index (χ3n) is 3.45. The van der Waals surface area contributed by atoms with E-state index in [1.165, 1.54) is 23.9 Å². The Hall–Kier alpha value is -3.12. The lowest BCUT2D eigenvalue weighted by Gasteiger charge is -2.11. The predicted molar refractivity (Wildman–Crippen MR) is 81.6 cm³/mol. The average Bonchev–Trinajstić information content (AvgIpc) is 3.06. The molecule has 1 aliphatic rings. The van der Waals surface area contributed by atoms with Crippen molar-refractivity contribution in [1.82, 2.24) is 10.2 Å². The summed E-state index contributed by atoms with van der Waals surface area (Å²) in [4.78, 5) is 36.8. The first-order valence-electron chi connectivity index (χ1n) is 6.85. The molecule has 1 aliphatic heterocycles. The molecular weight excluding hydrogens is 332 g/mol. The molecule has 0 radical (unpaired) electrons. The molecule has 0 bridgehead atoms. The molecule has 0 saturated heterocycles. The van der Waals surface area contributed by atoms with Crippen molar-refractivity contribution in [2.75, 3.05) is 10.7 Å². The number of hydrogen-bond acceptors (Lipinski definition) is 7. The van der Waals surface area contributed by atoms with Crippen LogP contribution >= 0.6 is 11.8 Å². The minimum absolute atomic E-state index is 0.0188. The molecule has 9 heteroatoms. The third kappa shape index (κ3) is 2.24. The fraction of sp³-hybridized carbons (Fsp3) is 0.133. The van der Waals surface area contributed by atoms with Crippen molar-refractivity contribution in [2.24, 2.45) is 0 Å². The summed E-state index contributed by atoms with van der Waals surface area (Å²) < 4.78 is 0. The first-order chi connectivity index (χ1) is 11.5. The Labute approximate surface area is 140 Å². The number of nitrogens with zero attached hydrogens (tertiary/aromatic N) is 3. The number of nitriles is 1. The lowest BCUT2D eigenvalue weighted by Crippen LogP contribution is -2.30. The van der Waals surface area contributed by atoms with Gasteiger partial charge in [-0.1, -0.05) is 13.0 Å². The van der Waals surface area contributed by atoms with Crippen LogP contribution in [0.25, 0.3) is 0 Å². The predicted octanol–water partition coefficient (Wildman–Crippen LogP) is 0.557. The van der Waals surface area contributed by atoms with Gasteiger partial charge in [-0.2, -0.15) is 10.4 Å². The van der Waals surface area contributed by atoms with E-state index in [9.17, 15) is 24.8 Å². The first-order valence-corrected chi connectivity index (χ1v) is 7.83. The van der Waals surface area contributed by atoms with Crippen molar-refractivity contribution in [3.05, 3.63) is 40.5 Å². The number of carbonyl (C=O) groups excluding carboxylic acids is 3. The summed E-state index contributed by atoms with van der Waals surface area (Å²) >= 11 is 1.30. The highest BCUT2D eigenvalue weighted by atomic mass is 32.2. The van der Waals surface area contributed by atoms with E-state index in [1.54, 1.807) is 0 Å². The summed E-state index contributed by atoms with van der Waals surface area (Å²) in [6, 6.07) is 5.48. The van der Waals surface area contributed by atoms with Gasteiger partial charge in [0.1, 0.15) is 16.7 Å². The largest absolute Gasteiger partial charge is 0.545 e. The molecule has 0 aliphatic carbocycles. The van der Waals surface area contributed by atoms with Crippen LogP contribution in [0.4, 0.5) is 5.82 Å². The summed E-state index contributed by atoms with van der Waals surface area (Å²) in [7, 11) is 0. The van der Waals surface area contributed by atoms with Crippen LogP contribution in [0.5, 0.6) is 0 Å². The van der Waals surface area contributed by atoms with Gasteiger partial charge >= 0.3 is 0 Å². The van der Waals surface area contributed by atoms with Gasteiger partial charge in [0.2, 0.25) is 0 Å². The fourth-order valence-electron chi connectivity index (χ4n) is 2.39. The van der Waals surface area contributed by atoms with Crippen LogP contribution in [0.15, 0.2) is 23.2 Å².